The fourth-order valence-electron chi connectivity index (χ4n) is 3.51. The highest BCUT2D eigenvalue weighted by Crippen LogP contribution is 2.25. The first kappa shape index (κ1) is 29.5. The highest BCUT2D eigenvalue weighted by molar-refractivity contribution is 5.99. The van der Waals surface area contributed by atoms with Crippen molar-refractivity contribution in [3.8, 4) is 5.75 Å². The van der Waals surface area contributed by atoms with Crippen molar-refractivity contribution in [2.24, 2.45) is 11.8 Å². The van der Waals surface area contributed by atoms with Crippen LogP contribution in [-0.4, -0.2) is 59.6 Å². The Kier molecular flexibility index (Phi) is 10.3. The van der Waals surface area contributed by atoms with Crippen LogP contribution in [0.5, 0.6) is 5.75 Å². The summed E-state index contributed by atoms with van der Waals surface area (Å²) < 4.78 is 21.6. The van der Waals surface area contributed by atoms with Crippen molar-refractivity contribution in [3.05, 3.63) is 35.2 Å². The lowest BCUT2D eigenvalue weighted by atomic mass is 9.95. The highest BCUT2D eigenvalue weighted by Gasteiger charge is 2.41. The van der Waals surface area contributed by atoms with Gasteiger partial charge in [-0.05, 0) is 45.7 Å². The number of allylic oxidation sites excluding steroid dienone is 1. The smallest absolute Gasteiger partial charge is 0.336 e. The molecule has 4 unspecified atom stereocenters. The van der Waals surface area contributed by atoms with Crippen molar-refractivity contribution in [3.63, 3.8) is 0 Å². The van der Waals surface area contributed by atoms with Gasteiger partial charge >= 0.3 is 23.9 Å². The quantitative estimate of drug-likeness (QED) is 0.324. The molecule has 1 aromatic rings. The molecular formula is C26H34N2O9. The average Bonchev–Trinajstić information content (AvgIpc) is 2.84. The summed E-state index contributed by atoms with van der Waals surface area (Å²) in [4.78, 5) is 67.2. The number of nitrogens with zero attached hydrogens (tertiary/aromatic N) is 1. The van der Waals surface area contributed by atoms with E-state index in [1.807, 2.05) is 0 Å². The molecule has 1 aliphatic heterocycles. The molecule has 11 heteroatoms. The molecular weight excluding hydrogens is 484 g/mol. The minimum atomic E-state index is -1.39. The number of nitrogens with one attached hydrogen (secondary N) is 1. The van der Waals surface area contributed by atoms with Gasteiger partial charge in [0.1, 0.15) is 12.7 Å². The van der Waals surface area contributed by atoms with Gasteiger partial charge in [-0.2, -0.15) is 0 Å². The molecule has 1 aliphatic rings. The summed E-state index contributed by atoms with van der Waals surface area (Å²) in [6, 6.07) is 0.169. The van der Waals surface area contributed by atoms with Crippen LogP contribution in [0.2, 0.25) is 0 Å². The van der Waals surface area contributed by atoms with Crippen molar-refractivity contribution in [2.45, 2.75) is 73.1 Å². The molecule has 0 spiro atoms. The Labute approximate surface area is 215 Å². The predicted molar refractivity (Wildman–Crippen MR) is 130 cm³/mol. The molecule has 1 aromatic heterocycles. The van der Waals surface area contributed by atoms with E-state index in [0.717, 1.165) is 0 Å². The van der Waals surface area contributed by atoms with E-state index in [1.165, 1.54) is 19.2 Å². The van der Waals surface area contributed by atoms with E-state index in [-0.39, 0.29) is 17.9 Å². The van der Waals surface area contributed by atoms with Crippen LogP contribution in [0.4, 0.5) is 0 Å². The number of ether oxygens (including phenoxy) is 4. The number of pyridine rings is 1. The van der Waals surface area contributed by atoms with Crippen LogP contribution in [-0.2, 0) is 33.4 Å². The molecule has 0 aliphatic carbocycles. The molecule has 0 bridgehead atoms. The van der Waals surface area contributed by atoms with Crippen LogP contribution in [0.1, 0.15) is 64.0 Å². The zero-order valence-corrected chi connectivity index (χ0v) is 22.2. The largest absolute Gasteiger partial charge is 0.463 e. The van der Waals surface area contributed by atoms with Crippen molar-refractivity contribution >= 4 is 29.8 Å². The summed E-state index contributed by atoms with van der Waals surface area (Å²) in [5, 5.41) is 2.44. The number of carbonyl (C=O) groups is 5. The number of aromatic nitrogens is 1. The minimum absolute atomic E-state index is 0.0731. The molecule has 0 saturated carbocycles. The van der Waals surface area contributed by atoms with Gasteiger partial charge in [-0.25, -0.2) is 14.6 Å². The van der Waals surface area contributed by atoms with Crippen LogP contribution >= 0.6 is 0 Å². The maximum atomic E-state index is 13.1. The Morgan fingerprint density at radius 1 is 1.22 bits per heavy atom. The van der Waals surface area contributed by atoms with E-state index in [4.69, 9.17) is 18.9 Å². The third-order valence-electron chi connectivity index (χ3n) is 5.54. The first-order valence-corrected chi connectivity index (χ1v) is 12.1. The van der Waals surface area contributed by atoms with Gasteiger partial charge in [0.2, 0.25) is 0 Å². The maximum absolute atomic E-state index is 13.1. The van der Waals surface area contributed by atoms with E-state index >= 15 is 0 Å². The summed E-state index contributed by atoms with van der Waals surface area (Å²) in [6.07, 6.45) is 0.817. The zero-order valence-electron chi connectivity index (χ0n) is 22.2. The Morgan fingerprint density at radius 3 is 2.49 bits per heavy atom. The number of esters is 4. The van der Waals surface area contributed by atoms with E-state index in [9.17, 15) is 24.0 Å². The maximum Gasteiger partial charge on any atom is 0.336 e. The monoisotopic (exact) mass is 518 g/mol. The second kappa shape index (κ2) is 13.0. The molecule has 202 valence electrons. The lowest BCUT2D eigenvalue weighted by Gasteiger charge is -2.29. The summed E-state index contributed by atoms with van der Waals surface area (Å²) in [5.74, 6) is -5.09. The Morgan fingerprint density at radius 2 is 1.89 bits per heavy atom. The summed E-state index contributed by atoms with van der Waals surface area (Å²) in [7, 11) is 0. The molecule has 2 rings (SSSR count). The van der Waals surface area contributed by atoms with E-state index in [1.54, 1.807) is 47.6 Å². The van der Waals surface area contributed by atoms with Gasteiger partial charge in [-0.1, -0.05) is 26.3 Å². The lowest BCUT2D eigenvalue weighted by molar-refractivity contribution is -0.176. The third kappa shape index (κ3) is 7.86. The van der Waals surface area contributed by atoms with Crippen LogP contribution in [0.25, 0.3) is 0 Å². The van der Waals surface area contributed by atoms with Gasteiger partial charge in [-0.3, -0.25) is 14.4 Å². The fraction of sp³-hybridized carbons (Fsp3) is 0.538. The van der Waals surface area contributed by atoms with Crippen molar-refractivity contribution < 1.29 is 42.9 Å². The second-order valence-corrected chi connectivity index (χ2v) is 9.32. The second-order valence-electron chi connectivity index (χ2n) is 9.32. The first-order valence-electron chi connectivity index (χ1n) is 12.1. The molecule has 0 aromatic carbocycles. The summed E-state index contributed by atoms with van der Waals surface area (Å²) in [5.41, 5.74) is 0.927. The van der Waals surface area contributed by atoms with Crippen LogP contribution in [0, 0.1) is 18.8 Å². The van der Waals surface area contributed by atoms with Gasteiger partial charge in [0.05, 0.1) is 11.8 Å². The Balaban J connectivity index is 2.29. The molecule has 11 nitrogen and oxygen atoms in total. The fourth-order valence-corrected chi connectivity index (χ4v) is 3.51. The van der Waals surface area contributed by atoms with Crippen LogP contribution in [0.3, 0.4) is 0 Å². The highest BCUT2D eigenvalue weighted by atomic mass is 16.6. The Bertz CT molecular complexity index is 1080. The van der Waals surface area contributed by atoms with E-state index in [2.05, 4.69) is 10.3 Å². The number of amides is 1. The molecule has 1 fully saturated rings. The van der Waals surface area contributed by atoms with Gasteiger partial charge in [0, 0.05) is 12.3 Å². The molecule has 1 amide bonds. The number of aryl methyl sites for hydroxylation is 1. The van der Waals surface area contributed by atoms with Gasteiger partial charge in [0.25, 0.3) is 5.91 Å². The average molecular weight is 519 g/mol. The van der Waals surface area contributed by atoms with Crippen LogP contribution < -0.4 is 10.1 Å². The number of carbonyl (C=O) groups excluding carboxylic acids is 5. The zero-order chi connectivity index (χ0) is 27.9. The first-order chi connectivity index (χ1) is 17.3. The standard InChI is InChI=1S/C26H34N2O9/c1-8-17-22(37-24(31)14(4)5)16(7)35-26(33)18(12-34-25(17)32)28-23(30)20-21(15(6)9-10-27-20)36-19(29)11-13(2)3/h9-11,14,16-18,22H,8,12H2,1-7H3,(H,28,30). The van der Waals surface area contributed by atoms with Crippen molar-refractivity contribution in [1.82, 2.24) is 10.3 Å². The van der Waals surface area contributed by atoms with Crippen molar-refractivity contribution in [1.29, 1.82) is 0 Å². The van der Waals surface area contributed by atoms with Crippen LogP contribution in [0.15, 0.2) is 23.9 Å². The molecule has 2 heterocycles. The number of rotatable bonds is 7. The predicted octanol–water partition coefficient (Wildman–Crippen LogP) is 2.44. The number of cyclic esters (lactones) is 2. The molecule has 1 saturated heterocycles. The molecule has 4 atom stereocenters. The van der Waals surface area contributed by atoms with E-state index in [0.29, 0.717) is 11.1 Å². The molecule has 37 heavy (non-hydrogen) atoms. The van der Waals surface area contributed by atoms with Gasteiger partial charge < -0.3 is 24.3 Å². The number of hydrogen-bond acceptors (Lipinski definition) is 10. The Hall–Kier alpha value is -3.76. The number of hydrogen-bond donors (Lipinski definition) is 1. The molecule has 0 radical (unpaired) electrons. The van der Waals surface area contributed by atoms with E-state index < -0.39 is 66.5 Å². The molecule has 1 N–H and O–H groups in total. The summed E-state index contributed by atoms with van der Waals surface area (Å²) >= 11 is 0. The minimum Gasteiger partial charge on any atom is -0.463 e. The van der Waals surface area contributed by atoms with Crippen molar-refractivity contribution in [2.75, 3.05) is 6.61 Å². The summed E-state index contributed by atoms with van der Waals surface area (Å²) in [6.45, 7) is 11.0. The topological polar surface area (TPSA) is 147 Å². The lowest BCUT2D eigenvalue weighted by Crippen LogP contribution is -2.47. The normalized spacial score (nSPS) is 21.9. The van der Waals surface area contributed by atoms with Gasteiger partial charge in [-0.15, -0.1) is 0 Å². The SMILES string of the molecule is CCC1C(=O)OCC(NC(=O)c2nccc(C)c2OC(=O)C=C(C)C)C(=O)OC(C)C1OC(=O)C(C)C. The third-order valence-corrected chi connectivity index (χ3v) is 5.54. The van der Waals surface area contributed by atoms with Gasteiger partial charge in [0.15, 0.2) is 23.6 Å².